The van der Waals surface area contributed by atoms with E-state index in [9.17, 15) is 33.9 Å². The van der Waals surface area contributed by atoms with Gasteiger partial charge in [-0.15, -0.1) is 0 Å². The van der Waals surface area contributed by atoms with Crippen molar-refractivity contribution in [2.75, 3.05) is 6.54 Å². The Balaban J connectivity index is 1.83. The molecule has 2 fully saturated rings. The largest absolute Gasteiger partial charge is 0.480 e. The average molecular weight is 641 g/mol. The monoisotopic (exact) mass is 640 g/mol. The number of likely N-dealkylation sites (tertiary alicyclic amines) is 1. The summed E-state index contributed by atoms with van der Waals surface area (Å²) in [5.41, 5.74) is -0.0469. The van der Waals surface area contributed by atoms with E-state index in [0.29, 0.717) is 25.7 Å². The Morgan fingerprint density at radius 3 is 2.26 bits per heavy atom. The number of carboxylic acids is 1. The van der Waals surface area contributed by atoms with Crippen LogP contribution >= 0.6 is 0 Å². The van der Waals surface area contributed by atoms with Crippen molar-refractivity contribution in [1.29, 1.82) is 0 Å². The number of aliphatic carboxylic acids is 1. The predicted octanol–water partition coefficient (Wildman–Crippen LogP) is 3.00. The third-order valence-corrected chi connectivity index (χ3v) is 8.55. The van der Waals surface area contributed by atoms with Crippen LogP contribution in [0.15, 0.2) is 42.5 Å². The summed E-state index contributed by atoms with van der Waals surface area (Å²) >= 11 is 0. The van der Waals surface area contributed by atoms with Gasteiger partial charge in [0, 0.05) is 36.8 Å². The van der Waals surface area contributed by atoms with Crippen LogP contribution in [0.1, 0.15) is 72.8 Å². The number of Topliss-reactive ketones (excluding diaryl/α,β-unsaturated/α-hetero) is 1. The molecule has 1 aromatic rings. The molecule has 1 saturated carbocycles. The summed E-state index contributed by atoms with van der Waals surface area (Å²) in [6.07, 6.45) is 0.497. The highest BCUT2D eigenvalue weighted by Crippen LogP contribution is 2.41. The first-order chi connectivity index (χ1) is 21.5. The Bertz CT molecular complexity index is 1320. The van der Waals surface area contributed by atoms with E-state index in [2.05, 4.69) is 22.5 Å². The van der Waals surface area contributed by atoms with E-state index < -0.39 is 77.3 Å². The van der Waals surface area contributed by atoms with E-state index in [4.69, 9.17) is 4.74 Å². The number of amides is 4. The molecule has 46 heavy (non-hydrogen) atoms. The van der Waals surface area contributed by atoms with Gasteiger partial charge in [0.2, 0.25) is 17.7 Å². The molecular weight excluding hydrogens is 592 g/mol. The number of benzene rings is 1. The zero-order valence-corrected chi connectivity index (χ0v) is 27.6. The molecule has 0 spiro atoms. The van der Waals surface area contributed by atoms with Crippen LogP contribution < -0.4 is 16.0 Å². The molecule has 1 aromatic carbocycles. The molecule has 12 heteroatoms. The number of nitrogens with zero attached hydrogens (tertiary/aromatic N) is 1. The molecule has 3 rings (SSSR count). The molecule has 1 unspecified atom stereocenters. The molecular formula is C34H48N4O8. The molecule has 2 aliphatic rings. The number of alkyl carbamates (subject to hydrolysis) is 1. The fourth-order valence-corrected chi connectivity index (χ4v) is 6.19. The van der Waals surface area contributed by atoms with Gasteiger partial charge in [0.05, 0.1) is 12.1 Å². The lowest BCUT2D eigenvalue weighted by Gasteiger charge is -2.36. The zero-order chi connectivity index (χ0) is 34.3. The summed E-state index contributed by atoms with van der Waals surface area (Å²) in [5.74, 6) is -3.94. The lowest BCUT2D eigenvalue weighted by Crippen LogP contribution is -2.59. The van der Waals surface area contributed by atoms with Gasteiger partial charge in [-0.05, 0) is 37.7 Å². The fraction of sp³-hybridized carbons (Fsp3) is 0.588. The number of hydrogen-bond donors (Lipinski definition) is 4. The maximum atomic E-state index is 14.1. The highest BCUT2D eigenvalue weighted by Gasteiger charge is 2.55. The van der Waals surface area contributed by atoms with E-state index in [-0.39, 0.29) is 24.3 Å². The smallest absolute Gasteiger partial charge is 0.408 e. The topological polar surface area (TPSA) is 171 Å². The summed E-state index contributed by atoms with van der Waals surface area (Å²) in [5, 5.41) is 17.8. The molecule has 1 aliphatic heterocycles. The number of carbonyl (C=O) groups excluding carboxylic acids is 5. The number of ketones is 1. The SMILES string of the molecule is C=C(C(=O)N[C@@H](Cc1ccccc1)C(=O)O)C(CCC)NC(=O)[C@@H]1[C@H]2CCC(=O)[C@H]2CN1C(=O)[C@@H](NC(=O)OC(C)C)C(C)(C)C. The number of hydrogen-bond acceptors (Lipinski definition) is 7. The third-order valence-electron chi connectivity index (χ3n) is 8.55. The first-order valence-electron chi connectivity index (χ1n) is 15.9. The molecule has 0 radical (unpaired) electrons. The second-order valence-electron chi connectivity index (χ2n) is 13.5. The first kappa shape index (κ1) is 36.3. The Morgan fingerprint density at radius 2 is 1.70 bits per heavy atom. The van der Waals surface area contributed by atoms with Crippen LogP contribution in [0.3, 0.4) is 0 Å². The molecule has 4 N–H and O–H groups in total. The van der Waals surface area contributed by atoms with Gasteiger partial charge in [0.15, 0.2) is 0 Å². The van der Waals surface area contributed by atoms with Gasteiger partial charge < -0.3 is 30.7 Å². The van der Waals surface area contributed by atoms with Crippen molar-refractivity contribution in [3.8, 4) is 0 Å². The number of carbonyl (C=O) groups is 6. The first-order valence-corrected chi connectivity index (χ1v) is 15.9. The normalized spacial score (nSPS) is 21.2. The van der Waals surface area contributed by atoms with E-state index in [1.54, 1.807) is 65.0 Å². The maximum absolute atomic E-state index is 14.1. The summed E-state index contributed by atoms with van der Waals surface area (Å²) < 4.78 is 5.22. The predicted molar refractivity (Wildman–Crippen MR) is 170 cm³/mol. The summed E-state index contributed by atoms with van der Waals surface area (Å²) in [7, 11) is 0. The van der Waals surface area contributed by atoms with Gasteiger partial charge in [0.1, 0.15) is 23.9 Å². The lowest BCUT2D eigenvalue weighted by molar-refractivity contribution is -0.143. The van der Waals surface area contributed by atoms with Gasteiger partial charge in [-0.3, -0.25) is 19.2 Å². The van der Waals surface area contributed by atoms with Crippen LogP contribution in [0.2, 0.25) is 0 Å². The number of fused-ring (bicyclic) bond motifs is 1. The van der Waals surface area contributed by atoms with Crippen molar-refractivity contribution in [2.45, 2.75) is 104 Å². The Morgan fingerprint density at radius 1 is 1.04 bits per heavy atom. The van der Waals surface area contributed by atoms with Crippen LogP contribution in [0, 0.1) is 17.3 Å². The Hall–Kier alpha value is -4.22. The van der Waals surface area contributed by atoms with Crippen LogP contribution in [0.4, 0.5) is 4.79 Å². The molecule has 1 heterocycles. The number of nitrogens with one attached hydrogen (secondary N) is 3. The Labute approximate surface area is 270 Å². The van der Waals surface area contributed by atoms with Gasteiger partial charge in [0.25, 0.3) is 0 Å². The van der Waals surface area contributed by atoms with Crippen molar-refractivity contribution in [3.05, 3.63) is 48.0 Å². The van der Waals surface area contributed by atoms with E-state index in [1.807, 2.05) is 6.92 Å². The third kappa shape index (κ3) is 8.95. The Kier molecular flexibility index (Phi) is 12.1. The minimum atomic E-state index is -1.22. The maximum Gasteiger partial charge on any atom is 0.408 e. The number of rotatable bonds is 13. The van der Waals surface area contributed by atoms with E-state index in [0.717, 1.165) is 5.56 Å². The van der Waals surface area contributed by atoms with Crippen LogP contribution in [0.25, 0.3) is 0 Å². The summed E-state index contributed by atoms with van der Waals surface area (Å²) in [4.78, 5) is 80.1. The lowest BCUT2D eigenvalue weighted by atomic mass is 9.85. The molecule has 1 saturated heterocycles. The minimum Gasteiger partial charge on any atom is -0.480 e. The highest BCUT2D eigenvalue weighted by atomic mass is 16.6. The van der Waals surface area contributed by atoms with Crippen molar-refractivity contribution in [1.82, 2.24) is 20.9 Å². The second-order valence-corrected chi connectivity index (χ2v) is 13.5. The van der Waals surface area contributed by atoms with Crippen molar-refractivity contribution in [2.24, 2.45) is 17.3 Å². The van der Waals surface area contributed by atoms with Gasteiger partial charge in [-0.25, -0.2) is 9.59 Å². The summed E-state index contributed by atoms with van der Waals surface area (Å²) in [6.45, 7) is 14.5. The molecule has 6 atom stereocenters. The fourth-order valence-electron chi connectivity index (χ4n) is 6.19. The molecule has 0 aromatic heterocycles. The van der Waals surface area contributed by atoms with Crippen molar-refractivity contribution >= 4 is 35.6 Å². The van der Waals surface area contributed by atoms with Gasteiger partial charge in [-0.2, -0.15) is 0 Å². The van der Waals surface area contributed by atoms with Crippen molar-refractivity contribution in [3.63, 3.8) is 0 Å². The summed E-state index contributed by atoms with van der Waals surface area (Å²) in [6, 6.07) is 4.75. The molecule has 4 amide bonds. The quantitative estimate of drug-likeness (QED) is 0.238. The van der Waals surface area contributed by atoms with Crippen LogP contribution in [-0.2, 0) is 35.1 Å². The number of carboxylic acid groups (broad SMARTS) is 1. The van der Waals surface area contributed by atoms with Crippen LogP contribution in [-0.4, -0.2) is 82.4 Å². The van der Waals surface area contributed by atoms with Crippen molar-refractivity contribution < 1.29 is 38.6 Å². The molecule has 1 aliphatic carbocycles. The minimum absolute atomic E-state index is 0.0184. The standard InChI is InChI=1S/C34H48N4O8/c1-8-12-24(20(4)29(40)36-25(32(43)44)17-21-13-10-9-11-14-21)35-30(41)27-22-15-16-26(39)23(22)18-38(27)31(42)28(34(5,6)7)37-33(45)46-19(2)3/h9-11,13-14,19,22-25,27-28H,4,8,12,15-18H2,1-3,5-7H3,(H,35,41)(H,36,40)(H,37,45)(H,43,44)/t22-,23-,24?,25-,27-,28+/m0/s1. The van der Waals surface area contributed by atoms with Gasteiger partial charge in [-0.1, -0.05) is 71.0 Å². The van der Waals surface area contributed by atoms with E-state index >= 15 is 0 Å². The highest BCUT2D eigenvalue weighted by molar-refractivity contribution is 5.99. The zero-order valence-electron chi connectivity index (χ0n) is 27.6. The van der Waals surface area contributed by atoms with Gasteiger partial charge >= 0.3 is 12.1 Å². The number of ether oxygens (including phenoxy) is 1. The molecule has 252 valence electrons. The van der Waals surface area contributed by atoms with Crippen LogP contribution in [0.5, 0.6) is 0 Å². The molecule has 12 nitrogen and oxygen atoms in total. The average Bonchev–Trinajstić information content (AvgIpc) is 3.53. The second kappa shape index (κ2) is 15.4. The van der Waals surface area contributed by atoms with E-state index in [1.165, 1.54) is 4.90 Å². The molecule has 0 bridgehead atoms.